The number of nitrogens with one attached hydrogen (secondary N) is 1. The molecule has 0 radical (unpaired) electrons. The number of carbonyl (C=O) groups excluding carboxylic acids is 1. The summed E-state index contributed by atoms with van der Waals surface area (Å²) in [6, 6.07) is 4.10. The zero-order valence-electron chi connectivity index (χ0n) is 21.5. The lowest BCUT2D eigenvalue weighted by molar-refractivity contribution is -0.119. The molecule has 0 aliphatic rings. The number of methoxy groups -OCH3 is 1. The topological polar surface area (TPSA) is 114 Å². The summed E-state index contributed by atoms with van der Waals surface area (Å²) in [7, 11) is 3.51. The van der Waals surface area contributed by atoms with E-state index in [9.17, 15) is 14.4 Å². The van der Waals surface area contributed by atoms with Gasteiger partial charge in [-0.3, -0.25) is 24.0 Å². The molecule has 0 aliphatic carbocycles. The van der Waals surface area contributed by atoms with Crippen LogP contribution in [0, 0.1) is 19.8 Å². The van der Waals surface area contributed by atoms with Crippen LogP contribution in [0.15, 0.2) is 21.7 Å². The van der Waals surface area contributed by atoms with Crippen molar-refractivity contribution < 1.29 is 9.53 Å². The minimum absolute atomic E-state index is 0.0240. The molecule has 0 fully saturated rings. The van der Waals surface area contributed by atoms with Gasteiger partial charge in [0.2, 0.25) is 5.91 Å². The SMILES string of the molecule is CCCCN(C(=O)CN(C)Cc1cc(C)c(OC)c(C)c1)c1c(N)n(CC(C)C)c(=O)[nH]c1=O. The Morgan fingerprint density at radius 2 is 1.82 bits per heavy atom. The number of aryl methyl sites for hydroxylation is 2. The van der Waals surface area contributed by atoms with Gasteiger partial charge in [-0.25, -0.2) is 4.79 Å². The predicted molar refractivity (Wildman–Crippen MR) is 137 cm³/mol. The Kier molecular flexibility index (Phi) is 9.49. The average molecular weight is 474 g/mol. The van der Waals surface area contributed by atoms with Crippen molar-refractivity contribution >= 4 is 17.4 Å². The molecule has 1 aromatic carbocycles. The van der Waals surface area contributed by atoms with Gasteiger partial charge in [-0.1, -0.05) is 39.3 Å². The lowest BCUT2D eigenvalue weighted by atomic mass is 10.1. The van der Waals surface area contributed by atoms with Crippen molar-refractivity contribution in [3.05, 3.63) is 49.7 Å². The third-order valence-corrected chi connectivity index (χ3v) is 5.65. The van der Waals surface area contributed by atoms with E-state index >= 15 is 0 Å². The van der Waals surface area contributed by atoms with Crippen LogP contribution in [-0.4, -0.2) is 47.6 Å². The fourth-order valence-corrected chi connectivity index (χ4v) is 4.20. The van der Waals surface area contributed by atoms with Gasteiger partial charge >= 0.3 is 5.69 Å². The number of hydrogen-bond acceptors (Lipinski definition) is 6. The second kappa shape index (κ2) is 11.9. The number of benzene rings is 1. The highest BCUT2D eigenvalue weighted by atomic mass is 16.5. The lowest BCUT2D eigenvalue weighted by Crippen LogP contribution is -2.45. The van der Waals surface area contributed by atoms with Crippen LogP contribution in [0.25, 0.3) is 0 Å². The lowest BCUT2D eigenvalue weighted by Gasteiger charge is -2.27. The molecule has 9 heteroatoms. The Labute approximate surface area is 201 Å². The van der Waals surface area contributed by atoms with E-state index in [-0.39, 0.29) is 29.9 Å². The van der Waals surface area contributed by atoms with E-state index in [1.165, 1.54) is 9.47 Å². The molecule has 2 aromatic rings. The predicted octanol–water partition coefficient (Wildman–Crippen LogP) is 2.67. The molecule has 1 heterocycles. The highest BCUT2D eigenvalue weighted by Gasteiger charge is 2.25. The molecule has 0 unspecified atom stereocenters. The van der Waals surface area contributed by atoms with Gasteiger partial charge in [0, 0.05) is 19.6 Å². The van der Waals surface area contributed by atoms with Gasteiger partial charge in [-0.05, 0) is 49.9 Å². The first-order valence-corrected chi connectivity index (χ1v) is 11.8. The zero-order chi connectivity index (χ0) is 25.6. The number of nitrogens with two attached hydrogens (primary N) is 1. The van der Waals surface area contributed by atoms with Crippen LogP contribution in [-0.2, 0) is 17.9 Å². The van der Waals surface area contributed by atoms with Gasteiger partial charge < -0.3 is 15.4 Å². The van der Waals surface area contributed by atoms with Crippen LogP contribution in [0.1, 0.15) is 50.3 Å². The molecule has 0 saturated heterocycles. The minimum atomic E-state index is -0.643. The fourth-order valence-electron chi connectivity index (χ4n) is 4.20. The quantitative estimate of drug-likeness (QED) is 0.519. The Morgan fingerprint density at radius 1 is 1.21 bits per heavy atom. The molecule has 0 saturated carbocycles. The Hall–Kier alpha value is -3.07. The van der Waals surface area contributed by atoms with Crippen LogP contribution in [0.2, 0.25) is 0 Å². The molecule has 0 bridgehead atoms. The summed E-state index contributed by atoms with van der Waals surface area (Å²) in [5.41, 5.74) is 8.26. The number of nitrogens with zero attached hydrogens (tertiary/aromatic N) is 3. The summed E-state index contributed by atoms with van der Waals surface area (Å²) in [6.45, 7) is 11.2. The van der Waals surface area contributed by atoms with E-state index in [1.807, 2.05) is 58.7 Å². The standard InChI is InChI=1S/C25H39N5O4/c1-8-9-10-29(21-23(26)30(13-16(2)3)25(33)27-24(21)32)20(31)15-28(6)14-19-11-17(4)22(34-7)18(5)12-19/h11-12,16H,8-10,13-15,26H2,1-7H3,(H,27,32,33). The Bertz CT molecular complexity index is 1100. The van der Waals surface area contributed by atoms with Crippen LogP contribution in [0.3, 0.4) is 0 Å². The molecular formula is C25H39N5O4. The Balaban J connectivity index is 2.33. The summed E-state index contributed by atoms with van der Waals surface area (Å²) in [5.74, 6) is 0.779. The maximum absolute atomic E-state index is 13.4. The number of amides is 1. The molecule has 3 N–H and O–H groups in total. The van der Waals surface area contributed by atoms with Crippen molar-refractivity contribution in [1.29, 1.82) is 0 Å². The number of anilines is 2. The number of ether oxygens (including phenoxy) is 1. The summed E-state index contributed by atoms with van der Waals surface area (Å²) >= 11 is 0. The van der Waals surface area contributed by atoms with Crippen molar-refractivity contribution in [1.82, 2.24) is 14.5 Å². The van der Waals surface area contributed by atoms with E-state index in [1.54, 1.807) is 7.11 Å². The maximum Gasteiger partial charge on any atom is 0.330 e. The third-order valence-electron chi connectivity index (χ3n) is 5.65. The molecular weight excluding hydrogens is 434 g/mol. The molecule has 1 amide bonds. The summed E-state index contributed by atoms with van der Waals surface area (Å²) in [5, 5.41) is 0. The summed E-state index contributed by atoms with van der Waals surface area (Å²) in [4.78, 5) is 44.1. The van der Waals surface area contributed by atoms with E-state index < -0.39 is 11.2 Å². The number of carbonyl (C=O) groups is 1. The van der Waals surface area contributed by atoms with E-state index in [4.69, 9.17) is 10.5 Å². The molecule has 2 rings (SSSR count). The van der Waals surface area contributed by atoms with Crippen molar-refractivity contribution in [3.63, 3.8) is 0 Å². The molecule has 34 heavy (non-hydrogen) atoms. The number of aromatic nitrogens is 2. The molecule has 0 aliphatic heterocycles. The van der Waals surface area contributed by atoms with Gasteiger partial charge in [0.05, 0.1) is 13.7 Å². The van der Waals surface area contributed by atoms with Crippen molar-refractivity contribution in [2.45, 2.75) is 60.5 Å². The number of unbranched alkanes of at least 4 members (excludes halogenated alkanes) is 1. The molecule has 9 nitrogen and oxygen atoms in total. The minimum Gasteiger partial charge on any atom is -0.496 e. The molecule has 0 atom stereocenters. The number of aromatic amines is 1. The van der Waals surface area contributed by atoms with Crippen LogP contribution >= 0.6 is 0 Å². The van der Waals surface area contributed by atoms with Gasteiger partial charge in [-0.15, -0.1) is 0 Å². The maximum atomic E-state index is 13.4. The number of nitrogen functional groups attached to an aromatic ring is 1. The Morgan fingerprint density at radius 3 is 2.35 bits per heavy atom. The van der Waals surface area contributed by atoms with E-state index in [0.29, 0.717) is 26.1 Å². The summed E-state index contributed by atoms with van der Waals surface area (Å²) in [6.07, 6.45) is 1.54. The van der Waals surface area contributed by atoms with Gasteiger partial charge in [0.25, 0.3) is 5.56 Å². The molecule has 1 aromatic heterocycles. The van der Waals surface area contributed by atoms with Gasteiger partial charge in [-0.2, -0.15) is 0 Å². The zero-order valence-corrected chi connectivity index (χ0v) is 21.5. The molecule has 0 spiro atoms. The number of likely N-dealkylation sites (N-methyl/N-ethyl adjacent to an activating group) is 1. The third kappa shape index (κ3) is 6.50. The van der Waals surface area contributed by atoms with E-state index in [0.717, 1.165) is 28.9 Å². The van der Waals surface area contributed by atoms with Gasteiger partial charge in [0.15, 0.2) is 5.69 Å². The second-order valence-electron chi connectivity index (χ2n) is 9.33. The highest BCUT2D eigenvalue weighted by Crippen LogP contribution is 2.25. The van der Waals surface area contributed by atoms with Crippen LogP contribution < -0.4 is 26.6 Å². The molecule has 188 valence electrons. The number of H-pyrrole nitrogens is 1. The summed E-state index contributed by atoms with van der Waals surface area (Å²) < 4.78 is 6.77. The first-order chi connectivity index (χ1) is 16.0. The largest absolute Gasteiger partial charge is 0.496 e. The monoisotopic (exact) mass is 473 g/mol. The first-order valence-electron chi connectivity index (χ1n) is 11.8. The van der Waals surface area contributed by atoms with Gasteiger partial charge in [0.1, 0.15) is 11.6 Å². The normalized spacial score (nSPS) is 11.3. The smallest absolute Gasteiger partial charge is 0.330 e. The fraction of sp³-hybridized carbons (Fsp3) is 0.560. The van der Waals surface area contributed by atoms with Crippen molar-refractivity contribution in [2.24, 2.45) is 5.92 Å². The van der Waals surface area contributed by atoms with Crippen LogP contribution in [0.4, 0.5) is 11.5 Å². The van der Waals surface area contributed by atoms with E-state index in [2.05, 4.69) is 4.98 Å². The highest BCUT2D eigenvalue weighted by molar-refractivity contribution is 5.96. The van der Waals surface area contributed by atoms with Crippen molar-refractivity contribution in [2.75, 3.05) is 37.9 Å². The first kappa shape index (κ1) is 27.2. The van der Waals surface area contributed by atoms with Crippen molar-refractivity contribution in [3.8, 4) is 5.75 Å². The average Bonchev–Trinajstić information content (AvgIpc) is 2.72. The van der Waals surface area contributed by atoms with Crippen LogP contribution in [0.5, 0.6) is 5.75 Å². The number of rotatable bonds is 11. The number of hydrogen-bond donors (Lipinski definition) is 2. The second-order valence-corrected chi connectivity index (χ2v) is 9.33.